The van der Waals surface area contributed by atoms with Gasteiger partial charge in [0.1, 0.15) is 92.0 Å². The van der Waals surface area contributed by atoms with Gasteiger partial charge in [-0.15, -0.1) is 0 Å². The average molecular weight is 815 g/mol. The lowest BCUT2D eigenvalue weighted by molar-refractivity contribution is 0.0634. The van der Waals surface area contributed by atoms with Crippen LogP contribution in [0.1, 0.15) is 135 Å². The monoisotopic (exact) mass is 814 g/mol. The molecule has 0 radical (unpaired) electrons. The smallest absolute Gasteiger partial charge is 0.174 e. The summed E-state index contributed by atoms with van der Waals surface area (Å²) >= 11 is 0. The number of aromatic hydroxyl groups is 4. The maximum Gasteiger partial charge on any atom is 0.174 e. The van der Waals surface area contributed by atoms with Crippen molar-refractivity contribution in [2.24, 2.45) is 0 Å². The summed E-state index contributed by atoms with van der Waals surface area (Å²) in [4.78, 5) is 27.2. The molecule has 0 amide bonds. The van der Waals surface area contributed by atoms with E-state index in [9.17, 15) is 30.0 Å². The molecule has 4 aromatic rings. The first-order valence-electron chi connectivity index (χ1n) is 20.4. The van der Waals surface area contributed by atoms with Gasteiger partial charge < -0.3 is 44.1 Å². The van der Waals surface area contributed by atoms with Crippen molar-refractivity contribution in [3.8, 4) is 57.5 Å². The summed E-state index contributed by atoms with van der Waals surface area (Å²) < 4.78 is 32.0. The van der Waals surface area contributed by atoms with E-state index in [-0.39, 0.29) is 81.5 Å². The second kappa shape index (κ2) is 15.3. The summed E-state index contributed by atoms with van der Waals surface area (Å²) in [7, 11) is 0. The van der Waals surface area contributed by atoms with Gasteiger partial charge in [-0.2, -0.15) is 0 Å². The minimum atomic E-state index is -0.890. The Morgan fingerprint density at radius 3 is 2.12 bits per heavy atom. The molecular formula is C49H50O11. The molecule has 4 aliphatic heterocycles. The third-order valence-corrected chi connectivity index (χ3v) is 11.7. The third-order valence-electron chi connectivity index (χ3n) is 11.7. The first-order chi connectivity index (χ1) is 28.5. The summed E-state index contributed by atoms with van der Waals surface area (Å²) in [6, 6.07) is 12.0. The van der Waals surface area contributed by atoms with Crippen molar-refractivity contribution in [3.63, 3.8) is 0 Å². The van der Waals surface area contributed by atoms with Crippen LogP contribution >= 0.6 is 0 Å². The Labute approximate surface area is 349 Å². The minimum absolute atomic E-state index is 0.0643. The number of ether oxygens (including phenoxy) is 5. The Hall–Kier alpha value is -6.36. The fourth-order valence-corrected chi connectivity index (χ4v) is 8.38. The van der Waals surface area contributed by atoms with Crippen molar-refractivity contribution >= 4 is 17.6 Å². The van der Waals surface area contributed by atoms with Gasteiger partial charge in [-0.05, 0) is 104 Å². The normalized spacial score (nSPS) is 22.4. The number of hydrogen-bond acceptors (Lipinski definition) is 11. The van der Waals surface area contributed by atoms with Crippen LogP contribution in [-0.2, 0) is 6.42 Å². The summed E-state index contributed by atoms with van der Waals surface area (Å²) in [6.45, 7) is 12.1. The maximum absolute atomic E-state index is 13.7. The number of carbonyl (C=O) groups is 2. The van der Waals surface area contributed by atoms with E-state index in [4.69, 9.17) is 23.7 Å². The number of rotatable bonds is 9. The molecule has 11 nitrogen and oxygen atoms in total. The number of phenols is 4. The molecule has 0 aliphatic carbocycles. The molecule has 0 spiro atoms. The standard InChI is InChI=1S/C49H50O11/c1-26(2)8-7-16-48(5)18-14-32-42(59-48)24-37(54)44-35(52)22-40(57-46(32)44)30-12-10-29(21-34(30)51)56-39-20-28(50)9-11-31(39)41-23-36(53)45-38(55)25-43-33(47(45)58-41)15-19-49(6,60-43)17-13-27(3)4/h8-14,18,20-21,24-25,40-41,50-51,54-55H,7,15-17,19,22-23H2,1-6H3/t40-,41-,48+,49+/m1/s1. The van der Waals surface area contributed by atoms with Crippen molar-refractivity contribution in [2.75, 3.05) is 0 Å². The van der Waals surface area contributed by atoms with Gasteiger partial charge in [-0.1, -0.05) is 23.3 Å². The average Bonchev–Trinajstić information content (AvgIpc) is 3.16. The second-order valence-electron chi connectivity index (χ2n) is 17.2. The van der Waals surface area contributed by atoms with E-state index in [1.54, 1.807) is 18.2 Å². The lowest BCUT2D eigenvalue weighted by atomic mass is 9.86. The molecule has 4 atom stereocenters. The maximum atomic E-state index is 13.7. The van der Waals surface area contributed by atoms with E-state index in [1.807, 2.05) is 53.7 Å². The molecule has 312 valence electrons. The van der Waals surface area contributed by atoms with Crippen molar-refractivity contribution in [2.45, 2.75) is 110 Å². The van der Waals surface area contributed by atoms with Crippen LogP contribution in [0.4, 0.5) is 0 Å². The molecule has 0 fully saturated rings. The number of allylic oxidation sites excluding steroid dienone is 3. The van der Waals surface area contributed by atoms with E-state index in [0.717, 1.165) is 6.42 Å². The highest BCUT2D eigenvalue weighted by Crippen LogP contribution is 2.52. The van der Waals surface area contributed by atoms with Gasteiger partial charge in [0.15, 0.2) is 11.6 Å². The fraction of sp³-hybridized carbons (Fsp3) is 0.347. The van der Waals surface area contributed by atoms with Crippen molar-refractivity contribution in [3.05, 3.63) is 111 Å². The highest BCUT2D eigenvalue weighted by Gasteiger charge is 2.40. The Kier molecular flexibility index (Phi) is 10.3. The first-order valence-corrected chi connectivity index (χ1v) is 20.4. The molecule has 8 rings (SSSR count). The summed E-state index contributed by atoms with van der Waals surface area (Å²) in [6.07, 6.45) is 9.54. The Morgan fingerprint density at radius 1 is 0.767 bits per heavy atom. The Bertz CT molecular complexity index is 2520. The molecule has 0 saturated carbocycles. The van der Waals surface area contributed by atoms with Gasteiger partial charge in [0, 0.05) is 47.4 Å². The highest BCUT2D eigenvalue weighted by atomic mass is 16.5. The van der Waals surface area contributed by atoms with Crippen LogP contribution in [0.2, 0.25) is 0 Å². The number of phenolic OH excluding ortho intramolecular Hbond substituents is 4. The SMILES string of the molecule is CC(C)=CCC[C@@]1(C)C=Cc2c(cc(O)c3c2O[C@@H](c2ccc(Oc4cc(O)ccc4[C@H]4CC(=O)c5c(O)cc6c(c5O4)CC[C@](C)(CC=C(C)C)O6)cc2O)CC3=O)O1. The van der Waals surface area contributed by atoms with Crippen LogP contribution in [0.5, 0.6) is 57.5 Å². The van der Waals surface area contributed by atoms with Crippen molar-refractivity contribution in [1.29, 1.82) is 0 Å². The van der Waals surface area contributed by atoms with Crippen molar-refractivity contribution in [1.82, 2.24) is 0 Å². The van der Waals surface area contributed by atoms with Crippen LogP contribution in [-0.4, -0.2) is 43.2 Å². The highest BCUT2D eigenvalue weighted by molar-refractivity contribution is 6.05. The number of Topliss-reactive ketones (excluding diaryl/α,β-unsaturated/α-hetero) is 2. The van der Waals surface area contributed by atoms with Gasteiger partial charge in [0.2, 0.25) is 0 Å². The van der Waals surface area contributed by atoms with Crippen LogP contribution in [0, 0.1) is 0 Å². The van der Waals surface area contributed by atoms with Crippen LogP contribution in [0.3, 0.4) is 0 Å². The molecule has 4 aromatic carbocycles. The summed E-state index contributed by atoms with van der Waals surface area (Å²) in [5.74, 6) is 0.287. The molecule has 4 N–H and O–H groups in total. The summed E-state index contributed by atoms with van der Waals surface area (Å²) in [5, 5.41) is 43.9. The van der Waals surface area contributed by atoms with E-state index < -0.39 is 23.4 Å². The second-order valence-corrected chi connectivity index (χ2v) is 17.2. The molecule has 4 aliphatic rings. The number of fused-ring (bicyclic) bond motifs is 6. The number of hydrogen-bond donors (Lipinski definition) is 4. The number of benzene rings is 4. The van der Waals surface area contributed by atoms with Gasteiger partial charge in [0.05, 0.1) is 18.4 Å². The van der Waals surface area contributed by atoms with E-state index in [1.165, 1.54) is 41.5 Å². The molecule has 0 saturated heterocycles. The lowest BCUT2D eigenvalue weighted by Crippen LogP contribution is -2.36. The van der Waals surface area contributed by atoms with E-state index >= 15 is 0 Å². The Balaban J connectivity index is 1.04. The van der Waals surface area contributed by atoms with E-state index in [2.05, 4.69) is 12.2 Å². The zero-order chi connectivity index (χ0) is 42.7. The van der Waals surface area contributed by atoms with Gasteiger partial charge in [-0.3, -0.25) is 9.59 Å². The van der Waals surface area contributed by atoms with Gasteiger partial charge in [-0.25, -0.2) is 0 Å². The zero-order valence-electron chi connectivity index (χ0n) is 34.7. The zero-order valence-corrected chi connectivity index (χ0v) is 34.7. The largest absolute Gasteiger partial charge is 0.508 e. The number of ketones is 2. The first kappa shape index (κ1) is 40.4. The molecule has 60 heavy (non-hydrogen) atoms. The lowest BCUT2D eigenvalue weighted by Gasteiger charge is -2.38. The quantitative estimate of drug-likeness (QED) is 0.119. The van der Waals surface area contributed by atoms with Gasteiger partial charge in [0.25, 0.3) is 0 Å². The molecule has 11 heteroatoms. The minimum Gasteiger partial charge on any atom is -0.508 e. The topological polar surface area (TPSA) is 161 Å². The van der Waals surface area contributed by atoms with Crippen molar-refractivity contribution < 1.29 is 53.7 Å². The molecule has 0 bridgehead atoms. The van der Waals surface area contributed by atoms with Crippen LogP contribution in [0.25, 0.3) is 6.08 Å². The van der Waals surface area contributed by atoms with Crippen LogP contribution in [0.15, 0.2) is 77.9 Å². The molecule has 4 heterocycles. The van der Waals surface area contributed by atoms with Gasteiger partial charge >= 0.3 is 0 Å². The summed E-state index contributed by atoms with van der Waals surface area (Å²) in [5.41, 5.74) is 3.47. The molecular weight excluding hydrogens is 765 g/mol. The number of carbonyl (C=O) groups excluding carboxylic acids is 2. The fourth-order valence-electron chi connectivity index (χ4n) is 8.38. The van der Waals surface area contributed by atoms with Crippen LogP contribution < -0.4 is 23.7 Å². The Morgan fingerprint density at radius 2 is 1.42 bits per heavy atom. The predicted octanol–water partition coefficient (Wildman–Crippen LogP) is 11.1. The predicted molar refractivity (Wildman–Crippen MR) is 225 cm³/mol. The molecule has 0 aromatic heterocycles. The van der Waals surface area contributed by atoms with E-state index in [0.29, 0.717) is 59.4 Å². The third kappa shape index (κ3) is 7.76. The molecule has 0 unspecified atom stereocenters.